The molecule has 0 fully saturated rings. The number of ether oxygens (including phenoxy) is 2. The summed E-state index contributed by atoms with van der Waals surface area (Å²) in [7, 11) is -3.78. The van der Waals surface area contributed by atoms with Crippen LogP contribution >= 0.6 is 0 Å². The number of aryl methyl sites for hydroxylation is 1. The van der Waals surface area contributed by atoms with Gasteiger partial charge < -0.3 is 14.0 Å². The summed E-state index contributed by atoms with van der Waals surface area (Å²) < 4.78 is 45.1. The molecule has 0 saturated carbocycles. The maximum absolute atomic E-state index is 12.5. The Morgan fingerprint density at radius 3 is 2.81 bits per heavy atom. The molecule has 3 aromatic rings. The second kappa shape index (κ2) is 7.00. The average molecular weight is 391 g/mol. The van der Waals surface area contributed by atoms with E-state index in [1.54, 1.807) is 23.1 Å². The van der Waals surface area contributed by atoms with Gasteiger partial charge in [0.1, 0.15) is 13.2 Å². The third-order valence-electron chi connectivity index (χ3n) is 3.92. The van der Waals surface area contributed by atoms with Gasteiger partial charge in [0.25, 0.3) is 0 Å². The third-order valence-corrected chi connectivity index (χ3v) is 5.32. The Hall–Kier alpha value is -2.92. The quantitative estimate of drug-likeness (QED) is 0.665. The van der Waals surface area contributed by atoms with Crippen LogP contribution in [0.5, 0.6) is 11.5 Å². The van der Waals surface area contributed by atoms with E-state index in [1.807, 2.05) is 6.92 Å². The Balaban J connectivity index is 1.46. The van der Waals surface area contributed by atoms with Crippen LogP contribution in [0.2, 0.25) is 0 Å². The van der Waals surface area contributed by atoms with Gasteiger partial charge in [-0.15, -0.1) is 0 Å². The van der Waals surface area contributed by atoms with Gasteiger partial charge in [0.15, 0.2) is 11.5 Å². The minimum atomic E-state index is -3.78. The summed E-state index contributed by atoms with van der Waals surface area (Å²) in [5, 5.41) is 8.00. The van der Waals surface area contributed by atoms with E-state index in [0.29, 0.717) is 36.1 Å². The van der Waals surface area contributed by atoms with Crippen LogP contribution in [-0.2, 0) is 23.1 Å². The lowest BCUT2D eigenvalue weighted by Gasteiger charge is -2.18. The monoisotopic (exact) mass is 391 g/mol. The molecular weight excluding hydrogens is 374 g/mol. The highest BCUT2D eigenvalue weighted by Gasteiger charge is 2.20. The molecule has 0 amide bonds. The molecule has 0 atom stereocenters. The van der Waals surface area contributed by atoms with E-state index in [2.05, 4.69) is 20.0 Å². The highest BCUT2D eigenvalue weighted by molar-refractivity contribution is 7.89. The highest BCUT2D eigenvalue weighted by atomic mass is 32.2. The fourth-order valence-corrected chi connectivity index (χ4v) is 3.52. The molecule has 1 aliphatic rings. The van der Waals surface area contributed by atoms with Crippen molar-refractivity contribution < 1.29 is 22.4 Å². The summed E-state index contributed by atoms with van der Waals surface area (Å²) in [6.45, 7) is 3.37. The molecule has 0 radical (unpaired) electrons. The van der Waals surface area contributed by atoms with E-state index < -0.39 is 10.0 Å². The van der Waals surface area contributed by atoms with Crippen molar-refractivity contribution in [1.29, 1.82) is 0 Å². The first-order valence-electron chi connectivity index (χ1n) is 8.30. The number of nitrogens with zero attached hydrogens (tertiary/aromatic N) is 4. The fraction of sp³-hybridized carbons (Fsp3) is 0.312. The lowest BCUT2D eigenvalue weighted by molar-refractivity contribution is 0.171. The van der Waals surface area contributed by atoms with E-state index in [-0.39, 0.29) is 17.3 Å². The predicted octanol–water partition coefficient (Wildman–Crippen LogP) is 1.20. The van der Waals surface area contributed by atoms with E-state index in [1.165, 1.54) is 12.1 Å². The molecule has 10 nitrogen and oxygen atoms in total. The van der Waals surface area contributed by atoms with Crippen molar-refractivity contribution >= 4 is 10.0 Å². The van der Waals surface area contributed by atoms with Crippen molar-refractivity contribution in [3.05, 3.63) is 36.5 Å². The maximum atomic E-state index is 12.5. The number of hydrogen-bond donors (Lipinski definition) is 1. The zero-order valence-corrected chi connectivity index (χ0v) is 15.3. The molecule has 0 aliphatic carbocycles. The molecule has 11 heteroatoms. The van der Waals surface area contributed by atoms with Crippen molar-refractivity contribution in [2.75, 3.05) is 13.2 Å². The molecule has 0 saturated heterocycles. The molecular formula is C16H17N5O5S. The van der Waals surface area contributed by atoms with Crippen LogP contribution in [0.1, 0.15) is 12.8 Å². The van der Waals surface area contributed by atoms with Crippen molar-refractivity contribution in [3.63, 3.8) is 0 Å². The first kappa shape index (κ1) is 17.5. The summed E-state index contributed by atoms with van der Waals surface area (Å²) in [6, 6.07) is 4.45. The Bertz CT molecular complexity index is 1060. The molecule has 0 unspecified atom stereocenters. The van der Waals surface area contributed by atoms with Crippen molar-refractivity contribution in [1.82, 2.24) is 24.6 Å². The Labute approximate surface area is 155 Å². The van der Waals surface area contributed by atoms with E-state index in [0.717, 1.165) is 6.54 Å². The van der Waals surface area contributed by atoms with Crippen molar-refractivity contribution in [3.8, 4) is 22.9 Å². The number of rotatable bonds is 6. The van der Waals surface area contributed by atoms with Gasteiger partial charge in [-0.1, -0.05) is 5.16 Å². The number of benzene rings is 1. The Morgan fingerprint density at radius 2 is 2.04 bits per heavy atom. The largest absolute Gasteiger partial charge is 0.486 e. The molecule has 27 heavy (non-hydrogen) atoms. The van der Waals surface area contributed by atoms with Crippen LogP contribution in [-0.4, -0.2) is 41.6 Å². The molecule has 0 spiro atoms. The summed E-state index contributed by atoms with van der Waals surface area (Å²) in [6.07, 6.45) is 3.41. The Morgan fingerprint density at radius 1 is 1.22 bits per heavy atom. The van der Waals surface area contributed by atoms with Gasteiger partial charge in [0, 0.05) is 18.8 Å². The molecule has 142 valence electrons. The Kier molecular flexibility index (Phi) is 4.54. The van der Waals surface area contributed by atoms with Gasteiger partial charge in [-0.05, 0) is 19.1 Å². The van der Waals surface area contributed by atoms with Crippen LogP contribution in [0.15, 0.2) is 40.0 Å². The second-order valence-corrected chi connectivity index (χ2v) is 7.49. The van der Waals surface area contributed by atoms with Gasteiger partial charge in [-0.25, -0.2) is 13.1 Å². The van der Waals surface area contributed by atoms with Gasteiger partial charge in [0.2, 0.25) is 21.7 Å². The fourth-order valence-electron chi connectivity index (χ4n) is 2.53. The second-order valence-electron chi connectivity index (χ2n) is 5.73. The van der Waals surface area contributed by atoms with E-state index in [9.17, 15) is 8.42 Å². The van der Waals surface area contributed by atoms with Crippen LogP contribution in [0, 0.1) is 0 Å². The van der Waals surface area contributed by atoms with Crippen molar-refractivity contribution in [2.24, 2.45) is 0 Å². The third kappa shape index (κ3) is 3.64. The SMILES string of the molecule is CCn1cc(-c2noc(CNS(=O)(=O)c3ccc4c(c3)OCCO4)n2)cn1. The molecule has 3 heterocycles. The lowest BCUT2D eigenvalue weighted by Crippen LogP contribution is -2.24. The summed E-state index contributed by atoms with van der Waals surface area (Å²) in [5.74, 6) is 1.42. The molecule has 1 aromatic carbocycles. The molecule has 1 aliphatic heterocycles. The van der Waals surface area contributed by atoms with Crippen molar-refractivity contribution in [2.45, 2.75) is 24.9 Å². The van der Waals surface area contributed by atoms with E-state index in [4.69, 9.17) is 14.0 Å². The molecule has 0 bridgehead atoms. The van der Waals surface area contributed by atoms with Crippen LogP contribution < -0.4 is 14.2 Å². The van der Waals surface area contributed by atoms with E-state index >= 15 is 0 Å². The first-order chi connectivity index (χ1) is 13.0. The number of hydrogen-bond acceptors (Lipinski definition) is 8. The smallest absolute Gasteiger partial charge is 0.242 e. The number of nitrogens with one attached hydrogen (secondary N) is 1. The van der Waals surface area contributed by atoms with Crippen LogP contribution in [0.25, 0.3) is 11.4 Å². The molecule has 4 rings (SSSR count). The highest BCUT2D eigenvalue weighted by Crippen LogP contribution is 2.32. The minimum Gasteiger partial charge on any atom is -0.486 e. The zero-order valence-electron chi connectivity index (χ0n) is 14.5. The number of sulfonamides is 1. The minimum absolute atomic E-state index is 0.0655. The van der Waals surface area contributed by atoms with Crippen LogP contribution in [0.4, 0.5) is 0 Å². The van der Waals surface area contributed by atoms with Gasteiger partial charge in [0.05, 0.1) is 23.2 Å². The predicted molar refractivity (Wildman–Crippen MR) is 92.7 cm³/mol. The topological polar surface area (TPSA) is 121 Å². The molecule has 2 aromatic heterocycles. The van der Waals surface area contributed by atoms with Gasteiger partial charge in [-0.3, -0.25) is 4.68 Å². The zero-order chi connectivity index (χ0) is 18.9. The van der Waals surface area contributed by atoms with Gasteiger partial charge >= 0.3 is 0 Å². The average Bonchev–Trinajstić information content (AvgIpc) is 3.35. The normalized spacial score (nSPS) is 13.7. The standard InChI is InChI=1S/C16H17N5O5S/c1-2-21-10-11(8-17-21)16-19-15(26-20-16)9-18-27(22,23)12-3-4-13-14(7-12)25-6-5-24-13/h3-4,7-8,10,18H,2,5-6,9H2,1H3. The summed E-state index contributed by atoms with van der Waals surface area (Å²) in [5.41, 5.74) is 0.696. The number of aromatic nitrogens is 4. The molecule has 1 N–H and O–H groups in total. The first-order valence-corrected chi connectivity index (χ1v) is 9.78. The summed E-state index contributed by atoms with van der Waals surface area (Å²) in [4.78, 5) is 4.26. The summed E-state index contributed by atoms with van der Waals surface area (Å²) >= 11 is 0. The lowest BCUT2D eigenvalue weighted by atomic mass is 10.3. The maximum Gasteiger partial charge on any atom is 0.242 e. The van der Waals surface area contributed by atoms with Gasteiger partial charge in [-0.2, -0.15) is 10.1 Å². The number of fused-ring (bicyclic) bond motifs is 1. The van der Waals surface area contributed by atoms with Crippen LogP contribution in [0.3, 0.4) is 0 Å².